The molecule has 0 radical (unpaired) electrons. The molecule has 0 bridgehead atoms. The fraction of sp³-hybridized carbons (Fsp3) is 0.611. The highest BCUT2D eigenvalue weighted by atomic mass is 16.5. The van der Waals surface area contributed by atoms with E-state index < -0.39 is 0 Å². The van der Waals surface area contributed by atoms with E-state index in [-0.39, 0.29) is 22.8 Å². The molecular weight excluding hydrogens is 322 g/mol. The van der Waals surface area contributed by atoms with E-state index in [1.807, 2.05) is 4.90 Å². The van der Waals surface area contributed by atoms with Crippen LogP contribution in [-0.4, -0.2) is 66.1 Å². The van der Waals surface area contributed by atoms with Crippen LogP contribution in [0.5, 0.6) is 0 Å². The van der Waals surface area contributed by atoms with Crippen molar-refractivity contribution in [2.24, 2.45) is 12.5 Å². The summed E-state index contributed by atoms with van der Waals surface area (Å²) in [5, 5.41) is 0. The maximum Gasteiger partial charge on any atom is 0.270 e. The monoisotopic (exact) mass is 347 g/mol. The Labute approximate surface area is 147 Å². The highest BCUT2D eigenvalue weighted by Gasteiger charge is 2.45. The second kappa shape index (κ2) is 7.00. The van der Waals surface area contributed by atoms with Gasteiger partial charge in [0.25, 0.3) is 11.5 Å². The van der Waals surface area contributed by atoms with Gasteiger partial charge in [0.05, 0.1) is 6.61 Å². The summed E-state index contributed by atoms with van der Waals surface area (Å²) < 4.78 is 6.46. The van der Waals surface area contributed by atoms with Gasteiger partial charge in [-0.05, 0) is 18.9 Å². The lowest BCUT2D eigenvalue weighted by molar-refractivity contribution is -0.128. The summed E-state index contributed by atoms with van der Waals surface area (Å²) >= 11 is 0. The van der Waals surface area contributed by atoms with E-state index in [4.69, 9.17) is 4.74 Å². The summed E-state index contributed by atoms with van der Waals surface area (Å²) in [7, 11) is 3.25. The molecule has 0 aliphatic carbocycles. The zero-order valence-electron chi connectivity index (χ0n) is 14.9. The van der Waals surface area contributed by atoms with Crippen molar-refractivity contribution in [1.82, 2.24) is 14.4 Å². The summed E-state index contributed by atoms with van der Waals surface area (Å²) in [5.74, 6) is 0.0675. The first-order valence-corrected chi connectivity index (χ1v) is 8.68. The van der Waals surface area contributed by atoms with Crippen LogP contribution in [0.4, 0.5) is 0 Å². The van der Waals surface area contributed by atoms with E-state index in [1.165, 1.54) is 10.6 Å². The number of ether oxygens (including phenoxy) is 1. The van der Waals surface area contributed by atoms with E-state index in [2.05, 4.69) is 0 Å². The van der Waals surface area contributed by atoms with Gasteiger partial charge in [-0.3, -0.25) is 14.4 Å². The Morgan fingerprint density at radius 2 is 1.96 bits per heavy atom. The van der Waals surface area contributed by atoms with E-state index in [0.717, 1.165) is 19.4 Å². The lowest BCUT2D eigenvalue weighted by atomic mass is 9.77. The minimum Gasteiger partial charge on any atom is -0.383 e. The topological polar surface area (TPSA) is 71.8 Å². The van der Waals surface area contributed by atoms with Gasteiger partial charge in [0.2, 0.25) is 5.91 Å². The van der Waals surface area contributed by atoms with Crippen LogP contribution in [0.2, 0.25) is 0 Å². The Bertz CT molecular complexity index is 719. The Morgan fingerprint density at radius 3 is 2.64 bits per heavy atom. The number of likely N-dealkylation sites (tertiary alicyclic amines) is 2. The molecule has 0 unspecified atom stereocenters. The normalized spacial score (nSPS) is 19.7. The van der Waals surface area contributed by atoms with Crippen LogP contribution in [0.3, 0.4) is 0 Å². The Balaban J connectivity index is 1.64. The standard InChI is InChI=1S/C18H25N3O4/c1-19-14(4-3-5-15(19)22)17(24)20-8-6-18(7-9-20)12-16(23)21(13-18)10-11-25-2/h3-5H,6-13H2,1-2H3. The van der Waals surface area contributed by atoms with Crippen molar-refractivity contribution in [2.75, 3.05) is 39.9 Å². The molecule has 2 fully saturated rings. The molecule has 3 rings (SSSR count). The van der Waals surface area contributed by atoms with Gasteiger partial charge >= 0.3 is 0 Å². The molecule has 2 aliphatic heterocycles. The van der Waals surface area contributed by atoms with Crippen LogP contribution in [-0.2, 0) is 16.6 Å². The molecular formula is C18H25N3O4. The highest BCUT2D eigenvalue weighted by molar-refractivity contribution is 5.92. The van der Waals surface area contributed by atoms with E-state index >= 15 is 0 Å². The summed E-state index contributed by atoms with van der Waals surface area (Å²) in [6, 6.07) is 4.74. The number of carbonyl (C=O) groups is 2. The molecule has 0 atom stereocenters. The number of hydrogen-bond acceptors (Lipinski definition) is 4. The summed E-state index contributed by atoms with van der Waals surface area (Å²) in [6.45, 7) is 3.17. The largest absolute Gasteiger partial charge is 0.383 e. The number of nitrogens with zero attached hydrogens (tertiary/aromatic N) is 3. The van der Waals surface area contributed by atoms with E-state index in [9.17, 15) is 14.4 Å². The lowest BCUT2D eigenvalue weighted by Gasteiger charge is -2.39. The van der Waals surface area contributed by atoms with Crippen LogP contribution >= 0.6 is 0 Å². The fourth-order valence-electron chi connectivity index (χ4n) is 3.85. The number of pyridine rings is 1. The molecule has 7 nitrogen and oxygen atoms in total. The van der Waals surface area contributed by atoms with Crippen LogP contribution < -0.4 is 5.56 Å². The first-order valence-electron chi connectivity index (χ1n) is 8.68. The summed E-state index contributed by atoms with van der Waals surface area (Å²) in [6.07, 6.45) is 2.19. The van der Waals surface area contributed by atoms with Gasteiger partial charge < -0.3 is 19.1 Å². The minimum absolute atomic E-state index is 0.0236. The number of carbonyl (C=O) groups excluding carboxylic acids is 2. The predicted octanol–water partition coefficient (Wildman–Crippen LogP) is 0.486. The lowest BCUT2D eigenvalue weighted by Crippen LogP contribution is -2.45. The zero-order chi connectivity index (χ0) is 18.0. The molecule has 2 aliphatic rings. The molecule has 0 aromatic carbocycles. The van der Waals surface area contributed by atoms with Gasteiger partial charge in [-0.1, -0.05) is 6.07 Å². The van der Waals surface area contributed by atoms with E-state index in [1.54, 1.807) is 31.2 Å². The van der Waals surface area contributed by atoms with Gasteiger partial charge in [-0.15, -0.1) is 0 Å². The zero-order valence-corrected chi connectivity index (χ0v) is 14.9. The average molecular weight is 347 g/mol. The molecule has 1 spiro atoms. The molecule has 0 N–H and O–H groups in total. The molecule has 3 heterocycles. The number of amides is 2. The Hall–Kier alpha value is -2.15. The van der Waals surface area contributed by atoms with Gasteiger partial charge in [0.15, 0.2) is 0 Å². The van der Waals surface area contributed by atoms with Crippen molar-refractivity contribution in [1.29, 1.82) is 0 Å². The minimum atomic E-state index is -0.186. The second-order valence-corrected chi connectivity index (χ2v) is 7.09. The molecule has 25 heavy (non-hydrogen) atoms. The SMILES string of the molecule is COCCN1CC2(CCN(C(=O)c3cccc(=O)n3C)CC2)CC1=O. The molecule has 2 amide bonds. The third-order valence-electron chi connectivity index (χ3n) is 5.49. The van der Waals surface area contributed by atoms with Crippen LogP contribution in [0.1, 0.15) is 29.8 Å². The van der Waals surface area contributed by atoms with E-state index in [0.29, 0.717) is 38.4 Å². The number of piperidine rings is 1. The van der Waals surface area contributed by atoms with Crippen LogP contribution in [0, 0.1) is 5.41 Å². The van der Waals surface area contributed by atoms with Gasteiger partial charge in [-0.2, -0.15) is 0 Å². The first-order chi connectivity index (χ1) is 12.0. The molecule has 136 valence electrons. The molecule has 0 saturated carbocycles. The summed E-state index contributed by atoms with van der Waals surface area (Å²) in [4.78, 5) is 40.3. The van der Waals surface area contributed by atoms with Crippen LogP contribution in [0.25, 0.3) is 0 Å². The van der Waals surface area contributed by atoms with Gasteiger partial charge in [0, 0.05) is 58.2 Å². The van der Waals surface area contributed by atoms with Gasteiger partial charge in [-0.25, -0.2) is 0 Å². The molecule has 2 saturated heterocycles. The number of hydrogen-bond donors (Lipinski definition) is 0. The molecule has 1 aromatic rings. The number of methoxy groups -OCH3 is 1. The van der Waals surface area contributed by atoms with Gasteiger partial charge in [0.1, 0.15) is 5.69 Å². The van der Waals surface area contributed by atoms with Crippen molar-refractivity contribution in [2.45, 2.75) is 19.3 Å². The third-order valence-corrected chi connectivity index (χ3v) is 5.49. The Kier molecular flexibility index (Phi) is 4.94. The average Bonchev–Trinajstić information content (AvgIpc) is 2.91. The predicted molar refractivity (Wildman–Crippen MR) is 92.3 cm³/mol. The van der Waals surface area contributed by atoms with Crippen molar-refractivity contribution in [3.63, 3.8) is 0 Å². The Morgan fingerprint density at radius 1 is 1.24 bits per heavy atom. The quantitative estimate of drug-likeness (QED) is 0.795. The third kappa shape index (κ3) is 3.46. The maximum absolute atomic E-state index is 12.7. The van der Waals surface area contributed by atoms with Crippen molar-refractivity contribution >= 4 is 11.8 Å². The van der Waals surface area contributed by atoms with Crippen LogP contribution in [0.15, 0.2) is 23.0 Å². The maximum atomic E-state index is 12.7. The van der Waals surface area contributed by atoms with Crippen molar-refractivity contribution in [3.8, 4) is 0 Å². The smallest absolute Gasteiger partial charge is 0.270 e. The highest BCUT2D eigenvalue weighted by Crippen LogP contribution is 2.41. The van der Waals surface area contributed by atoms with Crippen molar-refractivity contribution < 1.29 is 14.3 Å². The number of rotatable bonds is 4. The summed E-state index contributed by atoms with van der Waals surface area (Å²) in [5.41, 5.74) is 0.201. The second-order valence-electron chi connectivity index (χ2n) is 7.09. The fourth-order valence-corrected chi connectivity index (χ4v) is 3.85. The number of aromatic nitrogens is 1. The van der Waals surface area contributed by atoms with Crippen molar-refractivity contribution in [3.05, 3.63) is 34.2 Å². The first kappa shape index (κ1) is 17.7. The molecule has 1 aromatic heterocycles. The molecule has 7 heteroatoms.